The number of hydrogen-bond donors (Lipinski definition) is 2. The lowest BCUT2D eigenvalue weighted by Gasteiger charge is -2.32. The third-order valence-corrected chi connectivity index (χ3v) is 7.21. The Morgan fingerprint density at radius 2 is 1.06 bits per heavy atom. The minimum atomic E-state index is -0.222. The topological polar surface area (TPSA) is 76.7 Å². The number of nitrogens with one attached hydrogen (secondary N) is 2. The van der Waals surface area contributed by atoms with Crippen molar-refractivity contribution >= 4 is 35.0 Å². The minimum absolute atomic E-state index is 0.101. The van der Waals surface area contributed by atoms with Gasteiger partial charge in [0.2, 0.25) is 0 Å². The quantitative estimate of drug-likeness (QED) is 0.513. The van der Waals surface area contributed by atoms with E-state index in [1.807, 2.05) is 52.0 Å². The Labute approximate surface area is 211 Å². The molecule has 0 bridgehead atoms. The molecule has 1 aliphatic rings. The van der Waals surface area contributed by atoms with Gasteiger partial charge in [-0.3, -0.25) is 9.59 Å². The lowest BCUT2D eigenvalue weighted by Crippen LogP contribution is -2.54. The number of aryl methyl sites for hydroxylation is 4. The van der Waals surface area contributed by atoms with E-state index in [-0.39, 0.29) is 37.1 Å². The second kappa shape index (κ2) is 11.8. The van der Waals surface area contributed by atoms with Crippen LogP contribution in [0.2, 0.25) is 10.0 Å². The van der Waals surface area contributed by atoms with Crippen molar-refractivity contribution < 1.29 is 19.1 Å². The third-order valence-electron chi connectivity index (χ3n) is 6.02. The predicted octanol–water partition coefficient (Wildman–Crippen LogP) is 5.23. The van der Waals surface area contributed by atoms with Gasteiger partial charge in [0.1, 0.15) is 11.5 Å². The van der Waals surface area contributed by atoms with Crippen LogP contribution in [0.1, 0.15) is 47.9 Å². The minimum Gasteiger partial charge on any atom is -0.484 e. The molecule has 1 saturated carbocycles. The first-order valence-corrected chi connectivity index (χ1v) is 12.3. The van der Waals surface area contributed by atoms with Gasteiger partial charge < -0.3 is 20.1 Å². The van der Waals surface area contributed by atoms with Crippen LogP contribution in [0.4, 0.5) is 0 Å². The summed E-state index contributed by atoms with van der Waals surface area (Å²) in [5.74, 6) is 0.764. The molecule has 2 atom stereocenters. The van der Waals surface area contributed by atoms with Crippen molar-refractivity contribution in [2.75, 3.05) is 13.2 Å². The summed E-state index contributed by atoms with van der Waals surface area (Å²) in [6.07, 6.45) is 3.58. The number of ether oxygens (including phenoxy) is 2. The maximum atomic E-state index is 12.5. The molecule has 34 heavy (non-hydrogen) atoms. The Balaban J connectivity index is 1.50. The van der Waals surface area contributed by atoms with Crippen molar-refractivity contribution in [1.82, 2.24) is 10.6 Å². The standard InChI is InChI=1S/C26H32Cl2N2O4/c1-15-9-19(10-16(2)25(15)27)33-13-23(31)29-21-7-5-6-8-22(21)30-24(32)14-34-20-11-17(3)26(28)18(4)12-20/h9-12,21-22H,5-8,13-14H2,1-4H3,(H,29,31)(H,30,32). The molecule has 2 N–H and O–H groups in total. The summed E-state index contributed by atoms with van der Waals surface area (Å²) < 4.78 is 11.3. The fourth-order valence-electron chi connectivity index (χ4n) is 4.25. The van der Waals surface area contributed by atoms with Crippen molar-refractivity contribution in [2.24, 2.45) is 0 Å². The molecule has 3 rings (SSSR count). The van der Waals surface area contributed by atoms with Gasteiger partial charge in [0.05, 0.1) is 0 Å². The Kier molecular flexibility index (Phi) is 9.09. The van der Waals surface area contributed by atoms with Gasteiger partial charge in [-0.05, 0) is 87.1 Å². The van der Waals surface area contributed by atoms with E-state index in [0.717, 1.165) is 47.9 Å². The Morgan fingerprint density at radius 3 is 1.38 bits per heavy atom. The maximum absolute atomic E-state index is 12.5. The van der Waals surface area contributed by atoms with E-state index in [1.54, 1.807) is 0 Å². The van der Waals surface area contributed by atoms with E-state index in [9.17, 15) is 9.59 Å². The Bertz CT molecular complexity index is 928. The molecule has 0 saturated heterocycles. The van der Waals surface area contributed by atoms with E-state index in [4.69, 9.17) is 32.7 Å². The van der Waals surface area contributed by atoms with Crippen LogP contribution in [-0.4, -0.2) is 37.1 Å². The predicted molar refractivity (Wildman–Crippen MR) is 135 cm³/mol. The third kappa shape index (κ3) is 7.03. The molecule has 2 amide bonds. The van der Waals surface area contributed by atoms with Crippen molar-refractivity contribution in [1.29, 1.82) is 0 Å². The molecular weight excluding hydrogens is 475 g/mol. The highest BCUT2D eigenvalue weighted by Crippen LogP contribution is 2.27. The normalized spacial score (nSPS) is 17.7. The zero-order chi connectivity index (χ0) is 24.8. The average Bonchev–Trinajstić information content (AvgIpc) is 2.79. The summed E-state index contributed by atoms with van der Waals surface area (Å²) in [6.45, 7) is 7.40. The van der Waals surface area contributed by atoms with Crippen LogP contribution in [0, 0.1) is 27.7 Å². The van der Waals surface area contributed by atoms with Gasteiger partial charge in [0.15, 0.2) is 13.2 Å². The van der Waals surface area contributed by atoms with Crippen LogP contribution >= 0.6 is 23.2 Å². The van der Waals surface area contributed by atoms with Crippen LogP contribution in [0.5, 0.6) is 11.5 Å². The van der Waals surface area contributed by atoms with Crippen molar-refractivity contribution in [2.45, 2.75) is 65.5 Å². The first-order valence-electron chi connectivity index (χ1n) is 11.5. The van der Waals surface area contributed by atoms with Crippen molar-refractivity contribution in [3.8, 4) is 11.5 Å². The van der Waals surface area contributed by atoms with E-state index in [0.29, 0.717) is 21.5 Å². The summed E-state index contributed by atoms with van der Waals surface area (Å²) in [5.41, 5.74) is 3.60. The fraction of sp³-hybridized carbons (Fsp3) is 0.462. The zero-order valence-electron chi connectivity index (χ0n) is 20.1. The SMILES string of the molecule is Cc1cc(OCC(=O)NC2CCCCC2NC(=O)COc2cc(C)c(Cl)c(C)c2)cc(C)c1Cl. The monoisotopic (exact) mass is 506 g/mol. The van der Waals surface area contributed by atoms with Crippen LogP contribution in [0.3, 0.4) is 0 Å². The second-order valence-electron chi connectivity index (χ2n) is 8.95. The molecule has 0 aliphatic heterocycles. The highest BCUT2D eigenvalue weighted by atomic mass is 35.5. The van der Waals surface area contributed by atoms with Gasteiger partial charge in [-0.2, -0.15) is 0 Å². The molecule has 8 heteroatoms. The molecule has 2 aromatic rings. The summed E-state index contributed by atoms with van der Waals surface area (Å²) in [5, 5.41) is 7.43. The first-order chi connectivity index (χ1) is 16.1. The molecule has 0 aromatic heterocycles. The van der Waals surface area contributed by atoms with Crippen LogP contribution in [-0.2, 0) is 9.59 Å². The van der Waals surface area contributed by atoms with Crippen LogP contribution < -0.4 is 20.1 Å². The summed E-state index contributed by atoms with van der Waals surface area (Å²) in [4.78, 5) is 25.1. The fourth-order valence-corrected chi connectivity index (χ4v) is 4.47. The highest BCUT2D eigenvalue weighted by molar-refractivity contribution is 6.32. The lowest BCUT2D eigenvalue weighted by molar-refractivity contribution is -0.127. The number of amides is 2. The smallest absolute Gasteiger partial charge is 0.258 e. The first kappa shape index (κ1) is 26.2. The summed E-state index contributed by atoms with van der Waals surface area (Å²) in [7, 11) is 0. The Hall–Kier alpha value is -2.44. The molecule has 2 aromatic carbocycles. The van der Waals surface area contributed by atoms with Crippen LogP contribution in [0.15, 0.2) is 24.3 Å². The zero-order valence-corrected chi connectivity index (χ0v) is 21.6. The maximum Gasteiger partial charge on any atom is 0.258 e. The number of carbonyl (C=O) groups excluding carboxylic acids is 2. The van der Waals surface area contributed by atoms with E-state index >= 15 is 0 Å². The number of halogens is 2. The summed E-state index contributed by atoms with van der Waals surface area (Å²) >= 11 is 12.4. The van der Waals surface area contributed by atoms with E-state index in [1.165, 1.54) is 0 Å². The van der Waals surface area contributed by atoms with Gasteiger partial charge in [0.25, 0.3) is 11.8 Å². The van der Waals surface area contributed by atoms with Gasteiger partial charge in [0, 0.05) is 22.1 Å². The van der Waals surface area contributed by atoms with E-state index < -0.39 is 0 Å². The lowest BCUT2D eigenvalue weighted by atomic mass is 9.90. The molecule has 6 nitrogen and oxygen atoms in total. The molecule has 1 fully saturated rings. The second-order valence-corrected chi connectivity index (χ2v) is 9.71. The largest absolute Gasteiger partial charge is 0.484 e. The highest BCUT2D eigenvalue weighted by Gasteiger charge is 2.28. The van der Waals surface area contributed by atoms with Crippen LogP contribution in [0.25, 0.3) is 0 Å². The van der Waals surface area contributed by atoms with Gasteiger partial charge in [-0.15, -0.1) is 0 Å². The number of rotatable bonds is 8. The molecule has 0 heterocycles. The number of hydrogen-bond acceptors (Lipinski definition) is 4. The molecule has 2 unspecified atom stereocenters. The number of benzene rings is 2. The molecule has 184 valence electrons. The average molecular weight is 507 g/mol. The number of carbonyl (C=O) groups is 2. The van der Waals surface area contributed by atoms with Gasteiger partial charge >= 0.3 is 0 Å². The molecule has 0 spiro atoms. The van der Waals surface area contributed by atoms with E-state index in [2.05, 4.69) is 10.6 Å². The van der Waals surface area contributed by atoms with Crippen molar-refractivity contribution in [3.05, 3.63) is 56.6 Å². The Morgan fingerprint density at radius 1 is 0.735 bits per heavy atom. The molecule has 0 radical (unpaired) electrons. The summed E-state index contributed by atoms with van der Waals surface area (Å²) in [6, 6.07) is 6.96. The van der Waals surface area contributed by atoms with Crippen molar-refractivity contribution in [3.63, 3.8) is 0 Å². The van der Waals surface area contributed by atoms with Gasteiger partial charge in [-0.1, -0.05) is 36.0 Å². The molecular formula is C26H32Cl2N2O4. The van der Waals surface area contributed by atoms with Gasteiger partial charge in [-0.25, -0.2) is 0 Å². The molecule has 1 aliphatic carbocycles.